The topological polar surface area (TPSA) is 55.1 Å². The zero-order valence-corrected chi connectivity index (χ0v) is 14.8. The lowest BCUT2D eigenvalue weighted by Gasteiger charge is -2.26. The van der Waals surface area contributed by atoms with E-state index < -0.39 is 6.04 Å². The van der Waals surface area contributed by atoms with Gasteiger partial charge in [0.25, 0.3) is 0 Å². The van der Waals surface area contributed by atoms with Crippen LogP contribution in [-0.4, -0.2) is 18.5 Å². The summed E-state index contributed by atoms with van der Waals surface area (Å²) in [6.45, 7) is 6.55. The van der Waals surface area contributed by atoms with Gasteiger partial charge in [-0.1, -0.05) is 81.4 Å². The summed E-state index contributed by atoms with van der Waals surface area (Å²) in [5.74, 6) is 0.181. The van der Waals surface area contributed by atoms with Crippen LogP contribution in [0, 0.1) is 5.41 Å². The van der Waals surface area contributed by atoms with Crippen molar-refractivity contribution in [3.05, 3.63) is 71.8 Å². The van der Waals surface area contributed by atoms with Gasteiger partial charge in [-0.25, -0.2) is 0 Å². The number of benzene rings is 2. The van der Waals surface area contributed by atoms with Gasteiger partial charge in [-0.3, -0.25) is 4.79 Å². The summed E-state index contributed by atoms with van der Waals surface area (Å²) in [7, 11) is 0. The van der Waals surface area contributed by atoms with Gasteiger partial charge in [0.05, 0.1) is 6.04 Å². The molecule has 3 nitrogen and oxygen atoms in total. The number of carbonyl (C=O) groups is 1. The number of hydrogen-bond donors (Lipinski definition) is 2. The minimum atomic E-state index is -0.496. The SMILES string of the molecule is CC(C)(C)[C@H](N)C(=O)NCCC(c1ccccc1)c1ccccc1. The Morgan fingerprint density at radius 3 is 1.83 bits per heavy atom. The van der Waals surface area contributed by atoms with Crippen molar-refractivity contribution < 1.29 is 4.79 Å². The van der Waals surface area contributed by atoms with E-state index in [0.29, 0.717) is 6.54 Å². The van der Waals surface area contributed by atoms with Crippen LogP contribution in [0.2, 0.25) is 0 Å². The Morgan fingerprint density at radius 2 is 1.42 bits per heavy atom. The Morgan fingerprint density at radius 1 is 0.958 bits per heavy atom. The molecule has 0 radical (unpaired) electrons. The van der Waals surface area contributed by atoms with Gasteiger partial charge in [0.15, 0.2) is 0 Å². The van der Waals surface area contributed by atoms with Crippen molar-refractivity contribution >= 4 is 5.91 Å². The Kier molecular flexibility index (Phi) is 6.16. The molecular weight excluding hydrogens is 296 g/mol. The van der Waals surface area contributed by atoms with Gasteiger partial charge in [0, 0.05) is 12.5 Å². The fraction of sp³-hybridized carbons (Fsp3) is 0.381. The van der Waals surface area contributed by atoms with Gasteiger partial charge in [-0.2, -0.15) is 0 Å². The largest absolute Gasteiger partial charge is 0.355 e. The van der Waals surface area contributed by atoms with Crippen molar-refractivity contribution in [2.45, 2.75) is 39.2 Å². The van der Waals surface area contributed by atoms with Crippen LogP contribution in [0.5, 0.6) is 0 Å². The van der Waals surface area contributed by atoms with Gasteiger partial charge in [0.2, 0.25) is 5.91 Å². The van der Waals surface area contributed by atoms with E-state index in [0.717, 1.165) is 6.42 Å². The summed E-state index contributed by atoms with van der Waals surface area (Å²) in [4.78, 5) is 12.2. The number of nitrogens with one attached hydrogen (secondary N) is 1. The molecule has 2 aromatic carbocycles. The first-order valence-corrected chi connectivity index (χ1v) is 8.53. The highest BCUT2D eigenvalue weighted by atomic mass is 16.2. The molecule has 3 N–H and O–H groups in total. The Bertz CT molecular complexity index is 592. The molecule has 0 fully saturated rings. The maximum absolute atomic E-state index is 12.2. The molecule has 0 spiro atoms. The lowest BCUT2D eigenvalue weighted by atomic mass is 9.86. The van der Waals surface area contributed by atoms with E-state index in [2.05, 4.69) is 53.8 Å². The molecule has 0 aliphatic heterocycles. The Labute approximate surface area is 145 Å². The molecule has 2 rings (SSSR count). The zero-order chi connectivity index (χ0) is 17.6. The summed E-state index contributed by atoms with van der Waals surface area (Å²) >= 11 is 0. The number of hydrogen-bond acceptors (Lipinski definition) is 2. The molecule has 0 unspecified atom stereocenters. The monoisotopic (exact) mass is 324 g/mol. The molecule has 3 heteroatoms. The van der Waals surface area contributed by atoms with Crippen molar-refractivity contribution in [1.29, 1.82) is 0 Å². The lowest BCUT2D eigenvalue weighted by Crippen LogP contribution is -2.48. The molecule has 128 valence electrons. The van der Waals surface area contributed by atoms with Gasteiger partial charge < -0.3 is 11.1 Å². The first kappa shape index (κ1) is 18.2. The Balaban J connectivity index is 2.04. The average molecular weight is 324 g/mol. The summed E-state index contributed by atoms with van der Waals surface area (Å²) in [5.41, 5.74) is 8.31. The molecule has 0 aliphatic carbocycles. The second-order valence-corrected chi connectivity index (χ2v) is 7.30. The molecule has 0 aromatic heterocycles. The minimum Gasteiger partial charge on any atom is -0.355 e. The van der Waals surface area contributed by atoms with Crippen LogP contribution >= 0.6 is 0 Å². The van der Waals surface area contributed by atoms with Crippen LogP contribution in [0.25, 0.3) is 0 Å². The van der Waals surface area contributed by atoms with Crippen LogP contribution < -0.4 is 11.1 Å². The molecule has 1 amide bonds. The lowest BCUT2D eigenvalue weighted by molar-refractivity contribution is -0.124. The van der Waals surface area contributed by atoms with Crippen LogP contribution in [0.3, 0.4) is 0 Å². The minimum absolute atomic E-state index is 0.0811. The number of carbonyl (C=O) groups excluding carboxylic acids is 1. The second-order valence-electron chi connectivity index (χ2n) is 7.30. The molecule has 0 saturated carbocycles. The summed E-state index contributed by atoms with van der Waals surface area (Å²) in [6.07, 6.45) is 0.844. The molecule has 2 aromatic rings. The van der Waals surface area contributed by atoms with E-state index in [-0.39, 0.29) is 17.2 Å². The van der Waals surface area contributed by atoms with Gasteiger partial charge in [-0.05, 0) is 23.0 Å². The van der Waals surface area contributed by atoms with E-state index in [1.165, 1.54) is 11.1 Å². The number of amides is 1. The van der Waals surface area contributed by atoms with E-state index in [9.17, 15) is 4.79 Å². The Hall–Kier alpha value is -2.13. The molecular formula is C21H28N2O. The molecule has 1 atom stereocenters. The smallest absolute Gasteiger partial charge is 0.237 e. The normalized spacial score (nSPS) is 12.9. The third-order valence-electron chi connectivity index (χ3n) is 4.35. The van der Waals surface area contributed by atoms with E-state index in [1.54, 1.807) is 0 Å². The third-order valence-corrected chi connectivity index (χ3v) is 4.35. The van der Waals surface area contributed by atoms with Crippen molar-refractivity contribution in [1.82, 2.24) is 5.32 Å². The second kappa shape index (κ2) is 8.11. The fourth-order valence-electron chi connectivity index (χ4n) is 2.74. The van der Waals surface area contributed by atoms with Crippen molar-refractivity contribution in [2.24, 2.45) is 11.1 Å². The maximum atomic E-state index is 12.2. The van der Waals surface area contributed by atoms with Gasteiger partial charge in [0.1, 0.15) is 0 Å². The predicted molar refractivity (Wildman–Crippen MR) is 99.8 cm³/mol. The quantitative estimate of drug-likeness (QED) is 0.851. The number of rotatable bonds is 6. The average Bonchev–Trinajstić information content (AvgIpc) is 2.58. The van der Waals surface area contributed by atoms with Crippen LogP contribution in [0.4, 0.5) is 0 Å². The predicted octanol–water partition coefficient (Wildman–Crippen LogP) is 3.70. The fourth-order valence-corrected chi connectivity index (χ4v) is 2.74. The highest BCUT2D eigenvalue weighted by Gasteiger charge is 2.27. The summed E-state index contributed by atoms with van der Waals surface area (Å²) < 4.78 is 0. The standard InChI is InChI=1S/C21H28N2O/c1-21(2,3)19(22)20(24)23-15-14-18(16-10-6-4-7-11-16)17-12-8-5-9-13-17/h4-13,18-19H,14-15,22H2,1-3H3,(H,23,24)/t19-/m1/s1. The van der Waals surface area contributed by atoms with E-state index in [1.807, 2.05) is 32.9 Å². The van der Waals surface area contributed by atoms with Crippen LogP contribution in [0.1, 0.15) is 44.2 Å². The maximum Gasteiger partial charge on any atom is 0.237 e. The first-order chi connectivity index (χ1) is 11.4. The highest BCUT2D eigenvalue weighted by Crippen LogP contribution is 2.27. The third kappa shape index (κ3) is 4.93. The molecule has 24 heavy (non-hydrogen) atoms. The number of nitrogens with two attached hydrogens (primary N) is 1. The zero-order valence-electron chi connectivity index (χ0n) is 14.8. The first-order valence-electron chi connectivity index (χ1n) is 8.53. The molecule has 0 heterocycles. The van der Waals surface area contributed by atoms with Crippen LogP contribution in [0.15, 0.2) is 60.7 Å². The van der Waals surface area contributed by atoms with Crippen molar-refractivity contribution in [2.75, 3.05) is 6.54 Å². The van der Waals surface area contributed by atoms with Crippen LogP contribution in [-0.2, 0) is 4.79 Å². The van der Waals surface area contributed by atoms with Gasteiger partial charge in [-0.15, -0.1) is 0 Å². The van der Waals surface area contributed by atoms with Crippen molar-refractivity contribution in [3.8, 4) is 0 Å². The molecule has 0 saturated heterocycles. The van der Waals surface area contributed by atoms with E-state index >= 15 is 0 Å². The highest BCUT2D eigenvalue weighted by molar-refractivity contribution is 5.82. The summed E-state index contributed by atoms with van der Waals surface area (Å²) in [6, 6.07) is 20.3. The van der Waals surface area contributed by atoms with Crippen molar-refractivity contribution in [3.63, 3.8) is 0 Å². The van der Waals surface area contributed by atoms with E-state index in [4.69, 9.17) is 5.73 Å². The molecule has 0 bridgehead atoms. The molecule has 0 aliphatic rings. The summed E-state index contributed by atoms with van der Waals surface area (Å²) in [5, 5.41) is 3.00. The van der Waals surface area contributed by atoms with Gasteiger partial charge >= 0.3 is 0 Å².